The van der Waals surface area contributed by atoms with Gasteiger partial charge in [-0.05, 0) is 32.1 Å². The molecule has 0 radical (unpaired) electrons. The van der Waals surface area contributed by atoms with E-state index in [4.69, 9.17) is 0 Å². The van der Waals surface area contributed by atoms with Gasteiger partial charge in [0.2, 0.25) is 0 Å². The highest BCUT2D eigenvalue weighted by Crippen LogP contribution is 2.11. The van der Waals surface area contributed by atoms with Crippen LogP contribution < -0.4 is 0 Å². The summed E-state index contributed by atoms with van der Waals surface area (Å²) in [6.45, 7) is 4.49. The van der Waals surface area contributed by atoms with E-state index in [1.807, 2.05) is 0 Å². The van der Waals surface area contributed by atoms with Crippen molar-refractivity contribution in [1.82, 2.24) is 0 Å². The van der Waals surface area contributed by atoms with E-state index in [1.54, 1.807) is 0 Å². The average Bonchev–Trinajstić information content (AvgIpc) is 2.41. The SMILES string of the molecule is CCCCCCC=CCCC(O)CCCCCCC. The van der Waals surface area contributed by atoms with Gasteiger partial charge in [-0.3, -0.25) is 0 Å². The second kappa shape index (κ2) is 15.8. The number of aliphatic hydroxyl groups excluding tert-OH is 1. The minimum atomic E-state index is -0.0774. The fourth-order valence-corrected chi connectivity index (χ4v) is 2.34. The molecule has 1 N–H and O–H groups in total. The predicted molar refractivity (Wildman–Crippen MR) is 86.5 cm³/mol. The first-order valence-corrected chi connectivity index (χ1v) is 8.64. The minimum absolute atomic E-state index is 0.0774. The molecular weight excluding hydrogens is 232 g/mol. The second-order valence-electron chi connectivity index (χ2n) is 5.75. The van der Waals surface area contributed by atoms with E-state index in [-0.39, 0.29) is 6.10 Å². The van der Waals surface area contributed by atoms with Crippen molar-refractivity contribution in [2.45, 2.75) is 103 Å². The van der Waals surface area contributed by atoms with Gasteiger partial charge in [-0.2, -0.15) is 0 Å². The molecule has 0 fully saturated rings. The maximum Gasteiger partial charge on any atom is 0.0543 e. The van der Waals surface area contributed by atoms with Crippen molar-refractivity contribution in [2.24, 2.45) is 0 Å². The smallest absolute Gasteiger partial charge is 0.0543 e. The summed E-state index contributed by atoms with van der Waals surface area (Å²) in [5.74, 6) is 0. The average molecular weight is 268 g/mol. The lowest BCUT2D eigenvalue weighted by Crippen LogP contribution is -2.05. The lowest BCUT2D eigenvalue weighted by molar-refractivity contribution is 0.152. The minimum Gasteiger partial charge on any atom is -0.393 e. The van der Waals surface area contributed by atoms with Crippen LogP contribution in [0.5, 0.6) is 0 Å². The van der Waals surface area contributed by atoms with E-state index in [1.165, 1.54) is 64.2 Å². The Morgan fingerprint density at radius 2 is 1.26 bits per heavy atom. The van der Waals surface area contributed by atoms with Crippen LogP contribution in [0.3, 0.4) is 0 Å². The summed E-state index contributed by atoms with van der Waals surface area (Å²) < 4.78 is 0. The third-order valence-electron chi connectivity index (χ3n) is 3.70. The maximum atomic E-state index is 9.84. The molecule has 0 aromatic heterocycles. The highest BCUT2D eigenvalue weighted by molar-refractivity contribution is 4.82. The van der Waals surface area contributed by atoms with Crippen LogP contribution >= 0.6 is 0 Å². The van der Waals surface area contributed by atoms with Gasteiger partial charge in [-0.1, -0.05) is 77.4 Å². The third-order valence-corrected chi connectivity index (χ3v) is 3.70. The van der Waals surface area contributed by atoms with E-state index in [0.717, 1.165) is 19.3 Å². The standard InChI is InChI=1S/C18H36O/c1-3-5-7-9-10-11-13-15-17-18(19)16-14-12-8-6-4-2/h11,13,18-19H,3-10,12,14-17H2,1-2H3. The fourth-order valence-electron chi connectivity index (χ4n) is 2.34. The van der Waals surface area contributed by atoms with Crippen molar-refractivity contribution >= 4 is 0 Å². The van der Waals surface area contributed by atoms with Crippen molar-refractivity contribution in [3.05, 3.63) is 12.2 Å². The maximum absolute atomic E-state index is 9.84. The van der Waals surface area contributed by atoms with Crippen molar-refractivity contribution in [1.29, 1.82) is 0 Å². The molecule has 0 saturated carbocycles. The molecule has 1 nitrogen and oxygen atoms in total. The Balaban J connectivity index is 3.23. The largest absolute Gasteiger partial charge is 0.393 e. The van der Waals surface area contributed by atoms with Crippen LogP contribution in [0.2, 0.25) is 0 Å². The molecule has 114 valence electrons. The van der Waals surface area contributed by atoms with Gasteiger partial charge in [0.25, 0.3) is 0 Å². The van der Waals surface area contributed by atoms with Gasteiger partial charge in [-0.25, -0.2) is 0 Å². The Morgan fingerprint density at radius 1 is 0.684 bits per heavy atom. The number of allylic oxidation sites excluding steroid dienone is 2. The number of unbranched alkanes of at least 4 members (excludes halogenated alkanes) is 8. The lowest BCUT2D eigenvalue weighted by atomic mass is 10.0. The molecule has 0 spiro atoms. The van der Waals surface area contributed by atoms with Crippen LogP contribution in [0, 0.1) is 0 Å². The van der Waals surface area contributed by atoms with E-state index < -0.39 is 0 Å². The molecule has 1 heteroatoms. The first kappa shape index (κ1) is 18.7. The van der Waals surface area contributed by atoms with Crippen LogP contribution in [0.25, 0.3) is 0 Å². The molecular formula is C18H36O. The molecule has 0 aromatic carbocycles. The van der Waals surface area contributed by atoms with E-state index in [9.17, 15) is 5.11 Å². The van der Waals surface area contributed by atoms with Crippen molar-refractivity contribution < 1.29 is 5.11 Å². The quantitative estimate of drug-likeness (QED) is 0.302. The van der Waals surface area contributed by atoms with Crippen molar-refractivity contribution in [3.63, 3.8) is 0 Å². The zero-order chi connectivity index (χ0) is 14.2. The summed E-state index contributed by atoms with van der Waals surface area (Å²) in [4.78, 5) is 0. The number of hydrogen-bond acceptors (Lipinski definition) is 1. The normalized spacial score (nSPS) is 13.2. The van der Waals surface area contributed by atoms with Crippen LogP contribution in [0.15, 0.2) is 12.2 Å². The number of hydrogen-bond donors (Lipinski definition) is 1. The molecule has 0 amide bonds. The summed E-state index contributed by atoms with van der Waals surface area (Å²) >= 11 is 0. The summed E-state index contributed by atoms with van der Waals surface area (Å²) in [6.07, 6.45) is 20.5. The molecule has 1 atom stereocenters. The topological polar surface area (TPSA) is 20.2 Å². The van der Waals surface area contributed by atoms with E-state index >= 15 is 0 Å². The van der Waals surface area contributed by atoms with Gasteiger partial charge >= 0.3 is 0 Å². The number of aliphatic hydroxyl groups is 1. The molecule has 0 heterocycles. The van der Waals surface area contributed by atoms with Crippen LogP contribution in [0.4, 0.5) is 0 Å². The summed E-state index contributed by atoms with van der Waals surface area (Å²) in [7, 11) is 0. The Morgan fingerprint density at radius 3 is 1.95 bits per heavy atom. The Hall–Kier alpha value is -0.300. The zero-order valence-corrected chi connectivity index (χ0v) is 13.4. The molecule has 19 heavy (non-hydrogen) atoms. The van der Waals surface area contributed by atoms with Gasteiger partial charge in [0, 0.05) is 0 Å². The van der Waals surface area contributed by atoms with Crippen LogP contribution in [-0.4, -0.2) is 11.2 Å². The summed E-state index contributed by atoms with van der Waals surface area (Å²) in [5.41, 5.74) is 0. The van der Waals surface area contributed by atoms with E-state index in [2.05, 4.69) is 26.0 Å². The summed E-state index contributed by atoms with van der Waals surface area (Å²) in [5, 5.41) is 9.84. The third kappa shape index (κ3) is 15.6. The molecule has 0 aliphatic carbocycles. The fraction of sp³-hybridized carbons (Fsp3) is 0.889. The lowest BCUT2D eigenvalue weighted by Gasteiger charge is -2.08. The predicted octanol–water partition coefficient (Wildman–Crippen LogP) is 6.01. The monoisotopic (exact) mass is 268 g/mol. The number of rotatable bonds is 14. The Bertz CT molecular complexity index is 186. The molecule has 0 bridgehead atoms. The first-order valence-electron chi connectivity index (χ1n) is 8.64. The highest BCUT2D eigenvalue weighted by Gasteiger charge is 2.01. The first-order chi connectivity index (χ1) is 9.31. The highest BCUT2D eigenvalue weighted by atomic mass is 16.3. The van der Waals surface area contributed by atoms with E-state index in [0.29, 0.717) is 0 Å². The van der Waals surface area contributed by atoms with Gasteiger partial charge in [0.15, 0.2) is 0 Å². The molecule has 1 unspecified atom stereocenters. The van der Waals surface area contributed by atoms with Crippen LogP contribution in [-0.2, 0) is 0 Å². The molecule has 0 aromatic rings. The van der Waals surface area contributed by atoms with Crippen molar-refractivity contribution in [3.8, 4) is 0 Å². The van der Waals surface area contributed by atoms with Gasteiger partial charge < -0.3 is 5.11 Å². The molecule has 0 aliphatic rings. The summed E-state index contributed by atoms with van der Waals surface area (Å²) in [6, 6.07) is 0. The Kier molecular flexibility index (Phi) is 15.5. The van der Waals surface area contributed by atoms with Gasteiger partial charge in [0.05, 0.1) is 6.10 Å². The van der Waals surface area contributed by atoms with Crippen LogP contribution in [0.1, 0.15) is 97.3 Å². The molecule has 0 aliphatic heterocycles. The zero-order valence-electron chi connectivity index (χ0n) is 13.4. The van der Waals surface area contributed by atoms with Gasteiger partial charge in [0.1, 0.15) is 0 Å². The van der Waals surface area contributed by atoms with Crippen molar-refractivity contribution in [2.75, 3.05) is 0 Å². The second-order valence-corrected chi connectivity index (χ2v) is 5.75. The molecule has 0 saturated heterocycles. The van der Waals surface area contributed by atoms with Gasteiger partial charge in [-0.15, -0.1) is 0 Å². The Labute approximate surface area is 121 Å². The molecule has 0 rings (SSSR count).